The first-order valence-electron chi connectivity index (χ1n) is 36.1. The van der Waals surface area contributed by atoms with Gasteiger partial charge in [-0.05, 0) is 218 Å². The fourth-order valence-electron chi connectivity index (χ4n) is 12.9. The first-order chi connectivity index (χ1) is 49.0. The third kappa shape index (κ3) is 39.8. The maximum Gasteiger partial charge on any atom is 0.762 e. The topological polar surface area (TPSA) is 261 Å². The van der Waals surface area contributed by atoms with E-state index in [4.69, 9.17) is 48.4 Å². The fourth-order valence-corrected chi connectivity index (χ4v) is 12.9. The molecule has 22 heteroatoms. The number of ether oxygens (including phenoxy) is 6. The van der Waals surface area contributed by atoms with Crippen molar-refractivity contribution in [1.29, 1.82) is 0 Å². The van der Waals surface area contributed by atoms with Gasteiger partial charge in [0, 0.05) is 69.4 Å². The molecule has 0 radical (unpaired) electrons. The molecule has 1 aliphatic heterocycles. The highest BCUT2D eigenvalue weighted by molar-refractivity contribution is 6.33. The highest BCUT2D eigenvalue weighted by Gasteiger charge is 2.28. The van der Waals surface area contributed by atoms with E-state index < -0.39 is 13.5 Å². The number of aliphatic hydroxyl groups is 1. The second-order valence-corrected chi connectivity index (χ2v) is 24.7. The Kier molecular flexibility index (Phi) is 53.1. The van der Waals surface area contributed by atoms with Gasteiger partial charge in [-0.2, -0.15) is 24.0 Å². The van der Waals surface area contributed by atoms with Crippen LogP contribution in [0.4, 0.5) is 12.9 Å². The first-order valence-corrected chi connectivity index (χ1v) is 36.1. The molecule has 10 rings (SSSR count). The van der Waals surface area contributed by atoms with Gasteiger partial charge in [-0.25, -0.2) is 4.79 Å². The molecule has 1 unspecified atom stereocenters. The van der Waals surface area contributed by atoms with Crippen LogP contribution < -0.4 is 24.3 Å². The van der Waals surface area contributed by atoms with Crippen molar-refractivity contribution in [2.45, 2.75) is 213 Å². The molecule has 5 aliphatic carbocycles. The summed E-state index contributed by atoms with van der Waals surface area (Å²) in [6.45, 7) is 15.0. The molecule has 4 fully saturated rings. The average molecular weight is 1410 g/mol. The Balaban J connectivity index is 0.000000610. The molecule has 101 heavy (non-hydrogen) atoms. The van der Waals surface area contributed by atoms with Crippen LogP contribution in [0, 0.1) is 17.8 Å². The van der Waals surface area contributed by atoms with E-state index in [0.717, 1.165) is 131 Å². The minimum Gasteiger partial charge on any atom is -0.497 e. The van der Waals surface area contributed by atoms with E-state index >= 15 is 0 Å². The largest absolute Gasteiger partial charge is 0.762 e. The number of ketones is 3. The van der Waals surface area contributed by atoms with Crippen LogP contribution in [0.25, 0.3) is 11.1 Å². The number of benzene rings is 4. The molecule has 558 valence electrons. The Bertz CT molecular complexity index is 3020. The number of hydrogen-bond acceptors (Lipinski definition) is 16. The molecule has 2 N–H and O–H groups in total. The SMILES string of the molecule is CCC1=C(c2ccc(OC)cc2)CCCCC1.CCC1CCCCCC1=O.CCOC(=O)C=[N+]=[N-].CCOCC.COc1ccc([C@H]2CCCCC[C@@H]2CO)cc1.COc1ccc([C@H]2CCCNC[C@@H]2COc2ccc3c(c2)C(=O)CC3)cc1.FB(F)F.O=C1CCCCC1.O=C=O.O=C=O. The number of hydrogen-bond donors (Lipinski definition) is 2. The summed E-state index contributed by atoms with van der Waals surface area (Å²) >= 11 is 0. The Morgan fingerprint density at radius 2 is 1.08 bits per heavy atom. The molecule has 4 aromatic rings. The van der Waals surface area contributed by atoms with Gasteiger partial charge in [0.05, 0.1) is 34.5 Å². The van der Waals surface area contributed by atoms with E-state index in [2.05, 4.69) is 77.2 Å². The van der Waals surface area contributed by atoms with Gasteiger partial charge in [0.15, 0.2) is 5.78 Å². The molecule has 18 nitrogen and oxygen atoms in total. The van der Waals surface area contributed by atoms with E-state index in [1.807, 2.05) is 56.3 Å². The zero-order valence-electron chi connectivity index (χ0n) is 61.2. The summed E-state index contributed by atoms with van der Waals surface area (Å²) in [5, 5.41) is 13.1. The summed E-state index contributed by atoms with van der Waals surface area (Å²) in [6, 6.07) is 31.3. The maximum atomic E-state index is 12.0. The quantitative estimate of drug-likeness (QED) is 0.0264. The lowest BCUT2D eigenvalue weighted by molar-refractivity contribution is -0.193. The Morgan fingerprint density at radius 3 is 1.57 bits per heavy atom. The summed E-state index contributed by atoms with van der Waals surface area (Å²) in [4.78, 5) is 78.8. The number of rotatable bonds is 16. The molecule has 0 amide bonds. The Labute approximate surface area is 598 Å². The van der Waals surface area contributed by atoms with Crippen molar-refractivity contribution in [3.8, 4) is 23.0 Å². The van der Waals surface area contributed by atoms with E-state index in [9.17, 15) is 37.2 Å². The van der Waals surface area contributed by atoms with Crippen molar-refractivity contribution >= 4 is 55.0 Å². The van der Waals surface area contributed by atoms with Crippen LogP contribution >= 0.6 is 0 Å². The van der Waals surface area contributed by atoms with Crippen molar-refractivity contribution in [3.63, 3.8) is 0 Å². The van der Waals surface area contributed by atoms with E-state index in [1.54, 1.807) is 39.4 Å². The number of fused-ring (bicyclic) bond motifs is 1. The van der Waals surface area contributed by atoms with Gasteiger partial charge in [-0.1, -0.05) is 107 Å². The monoisotopic (exact) mass is 1410 g/mol. The molecule has 6 aliphatic rings. The Hall–Kier alpha value is -7.83. The first kappa shape index (κ1) is 91.2. The second-order valence-electron chi connectivity index (χ2n) is 24.7. The lowest BCUT2D eigenvalue weighted by Gasteiger charge is -2.26. The third-order valence-corrected chi connectivity index (χ3v) is 18.2. The summed E-state index contributed by atoms with van der Waals surface area (Å²) < 4.78 is 60.0. The van der Waals surface area contributed by atoms with Crippen LogP contribution in [-0.4, -0.2) is 127 Å². The predicted octanol–water partition coefficient (Wildman–Crippen LogP) is 16.8. The highest BCUT2D eigenvalue weighted by Crippen LogP contribution is 2.38. The number of nitrogens with zero attached hydrogens (tertiary/aromatic N) is 2. The summed E-state index contributed by atoms with van der Waals surface area (Å²) in [5.41, 5.74) is 17.1. The van der Waals surface area contributed by atoms with Crippen LogP contribution in [0.1, 0.15) is 240 Å². The van der Waals surface area contributed by atoms with Gasteiger partial charge in [0.2, 0.25) is 0 Å². The van der Waals surface area contributed by atoms with Gasteiger partial charge >= 0.3 is 32.0 Å². The molecular weight excluding hydrogens is 1300 g/mol. The van der Waals surface area contributed by atoms with Gasteiger partial charge in [-0.15, -0.1) is 0 Å². The minimum atomic E-state index is -3.67. The van der Waals surface area contributed by atoms with Crippen LogP contribution in [-0.2, 0) is 49.5 Å². The van der Waals surface area contributed by atoms with E-state index in [0.29, 0.717) is 73.6 Å². The van der Waals surface area contributed by atoms with Gasteiger partial charge in [0.25, 0.3) is 0 Å². The van der Waals surface area contributed by atoms with E-state index in [1.165, 1.54) is 107 Å². The van der Waals surface area contributed by atoms with Crippen LogP contribution in [0.15, 0.2) is 96.6 Å². The number of carbonyl (C=O) groups excluding carboxylic acids is 8. The number of carbonyl (C=O) groups is 4. The zero-order chi connectivity index (χ0) is 74.8. The van der Waals surface area contributed by atoms with Crippen LogP contribution in [0.3, 0.4) is 0 Å². The molecule has 0 spiro atoms. The smallest absolute Gasteiger partial charge is 0.497 e. The second kappa shape index (κ2) is 58.8. The summed E-state index contributed by atoms with van der Waals surface area (Å²) in [6.07, 6.45) is 31.0. The number of esters is 1. The van der Waals surface area contributed by atoms with E-state index in [-0.39, 0.29) is 18.1 Å². The Morgan fingerprint density at radius 1 is 0.594 bits per heavy atom. The molecule has 1 heterocycles. The van der Waals surface area contributed by atoms with Gasteiger partial charge in [-0.3, -0.25) is 27.3 Å². The number of aliphatic hydroxyl groups excluding tert-OH is 1. The lowest BCUT2D eigenvalue weighted by Crippen LogP contribution is -2.29. The molecule has 0 bridgehead atoms. The van der Waals surface area contributed by atoms with Gasteiger partial charge < -0.3 is 44.4 Å². The normalized spacial score (nSPS) is 18.8. The summed E-state index contributed by atoms with van der Waals surface area (Å²) in [7, 11) is 1.44. The third-order valence-electron chi connectivity index (χ3n) is 18.2. The number of Topliss-reactive ketones (excluding diaryl/α,β-unsaturated/α-hetero) is 3. The summed E-state index contributed by atoms with van der Waals surface area (Å²) in [5.74, 6) is 6.35. The molecule has 3 saturated carbocycles. The van der Waals surface area contributed by atoms with Crippen molar-refractivity contribution < 1.29 is 89.6 Å². The standard InChI is InChI=1S/C23H27NO3.C16H22O.C15H22O2.C9H16O.C6H10O.C4H6N2O2.C4H10O.2CO2.BF3/c1-26-19-8-4-16(5-9-19)21-3-2-12-24-14-18(21)15-27-20-10-6-17-7-11-23(25)22(17)13-20;1-3-13-7-5-4-6-8-16(13)14-9-11-15(17-2)12-10-14;1-17-14-9-7-12(8-10-14)15-6-4-2-3-5-13(15)11-16;1-2-8-6-4-3-5-7-9(8)10;7-6-4-2-1-3-5-6;1-2-8-4(7)3-6-5;1-3-5-4-2;2*2-1-3;2-1(3)4/h4-6,8-10,13,18,21,24H,2-3,7,11-12,14-15H2,1H3;9-12H,3-8H2,1-2H3;7-10,13,15-16H,2-6,11H2,1H3;8H,2-7H2,1H3;1-5H2;3H,2H2,1H3;3-4H2,1-2H3;;;/t18-,21-;;13-,15-;;;;;;;/m1.1......./s1. The van der Waals surface area contributed by atoms with Crippen molar-refractivity contribution in [2.75, 3.05) is 67.5 Å². The number of methoxy groups -OCH3 is 3. The molecule has 5 atom stereocenters. The minimum absolute atomic E-state index is 0.239. The van der Waals surface area contributed by atoms with Crippen molar-refractivity contribution in [2.24, 2.45) is 17.8 Å². The molecular formula is C79H113BF3N3O15. The zero-order valence-corrected chi connectivity index (χ0v) is 61.2. The fraction of sp³-hybridized carbons (Fsp3) is 0.582. The number of nitrogens with one attached hydrogen (secondary N) is 1. The number of aryl methyl sites for hydroxylation is 1. The predicted molar refractivity (Wildman–Crippen MR) is 386 cm³/mol. The van der Waals surface area contributed by atoms with Crippen LogP contribution in [0.2, 0.25) is 0 Å². The van der Waals surface area contributed by atoms with Crippen molar-refractivity contribution in [3.05, 3.63) is 130 Å². The average Bonchev–Trinajstić information content (AvgIpc) is 1.76. The van der Waals surface area contributed by atoms with Crippen molar-refractivity contribution in [1.82, 2.24) is 5.32 Å². The number of allylic oxidation sites excluding steroid dienone is 2. The molecule has 4 aromatic carbocycles. The maximum absolute atomic E-state index is 12.0. The molecule has 1 saturated heterocycles. The van der Waals surface area contributed by atoms with Gasteiger partial charge in [0.1, 0.15) is 34.6 Å². The number of halogens is 3. The highest BCUT2D eigenvalue weighted by atomic mass is 19.4. The lowest BCUT2D eigenvalue weighted by atomic mass is 9.83. The molecule has 0 aromatic heterocycles. The van der Waals surface area contributed by atoms with Crippen LogP contribution in [0.5, 0.6) is 23.0 Å².